The Labute approximate surface area is 75.6 Å². The molecule has 0 N–H and O–H groups in total. The summed E-state index contributed by atoms with van der Waals surface area (Å²) < 4.78 is 5.94. The maximum absolute atomic E-state index is 5.94. The molecule has 2 saturated carbocycles. The molecule has 2 heteroatoms. The monoisotopic (exact) mass is 216 g/mol. The van der Waals surface area contributed by atoms with Gasteiger partial charge in [0, 0.05) is 4.83 Å². The van der Waals surface area contributed by atoms with Crippen molar-refractivity contribution in [3.05, 3.63) is 0 Å². The van der Waals surface area contributed by atoms with E-state index in [2.05, 4.69) is 15.9 Å². The average Bonchev–Trinajstić information content (AvgIpc) is 2.46. The Balaban J connectivity index is 1.92. The minimum atomic E-state index is 0.557. The van der Waals surface area contributed by atoms with Gasteiger partial charge in [-0.05, 0) is 37.5 Å². The van der Waals surface area contributed by atoms with E-state index in [1.54, 1.807) is 0 Å². The Kier molecular flexibility index (Phi) is 1.40. The Morgan fingerprint density at radius 1 is 1.09 bits per heavy atom. The van der Waals surface area contributed by atoms with Crippen molar-refractivity contribution in [1.29, 1.82) is 0 Å². The summed E-state index contributed by atoms with van der Waals surface area (Å²) in [5.74, 6) is 1.93. The van der Waals surface area contributed by atoms with Gasteiger partial charge in [0.15, 0.2) is 0 Å². The van der Waals surface area contributed by atoms with E-state index in [0.29, 0.717) is 17.0 Å². The van der Waals surface area contributed by atoms with Crippen LogP contribution in [0.1, 0.15) is 25.7 Å². The molecular weight excluding hydrogens is 204 g/mol. The first-order valence-corrected chi connectivity index (χ1v) is 5.55. The average molecular weight is 217 g/mol. The minimum absolute atomic E-state index is 0.557. The third-order valence-corrected chi connectivity index (χ3v) is 4.65. The fourth-order valence-corrected chi connectivity index (χ4v) is 3.96. The molecule has 2 aliphatic carbocycles. The van der Waals surface area contributed by atoms with Crippen LogP contribution < -0.4 is 0 Å². The van der Waals surface area contributed by atoms with Crippen molar-refractivity contribution in [2.75, 3.05) is 0 Å². The molecule has 0 aromatic heterocycles. The van der Waals surface area contributed by atoms with Crippen LogP contribution in [-0.2, 0) is 4.74 Å². The maximum Gasteiger partial charge on any atom is 0.0707 e. The van der Waals surface area contributed by atoms with Crippen LogP contribution in [0.5, 0.6) is 0 Å². The molecule has 1 saturated heterocycles. The first-order chi connectivity index (χ1) is 5.34. The van der Waals surface area contributed by atoms with Gasteiger partial charge in [-0.1, -0.05) is 15.9 Å². The van der Waals surface area contributed by atoms with Crippen LogP contribution in [0.4, 0.5) is 0 Å². The Hall–Kier alpha value is 0.440. The SMILES string of the molecule is Br[C@@H]1C[C@H]2CC[C@H]3O[C@@H]1C[C@@H]23. The third-order valence-electron chi connectivity index (χ3n) is 3.69. The first kappa shape index (κ1) is 6.90. The van der Waals surface area contributed by atoms with E-state index in [4.69, 9.17) is 4.74 Å². The zero-order chi connectivity index (χ0) is 7.42. The van der Waals surface area contributed by atoms with Crippen molar-refractivity contribution in [2.24, 2.45) is 11.8 Å². The van der Waals surface area contributed by atoms with Crippen LogP contribution in [0.3, 0.4) is 0 Å². The number of halogens is 1. The summed E-state index contributed by atoms with van der Waals surface area (Å²) >= 11 is 3.72. The summed E-state index contributed by atoms with van der Waals surface area (Å²) in [6.45, 7) is 0. The van der Waals surface area contributed by atoms with Gasteiger partial charge in [0.25, 0.3) is 0 Å². The summed E-state index contributed by atoms with van der Waals surface area (Å²) in [5, 5.41) is 0. The molecule has 1 heterocycles. The van der Waals surface area contributed by atoms with E-state index in [9.17, 15) is 0 Å². The van der Waals surface area contributed by atoms with Crippen molar-refractivity contribution in [1.82, 2.24) is 0 Å². The zero-order valence-corrected chi connectivity index (χ0v) is 8.09. The third kappa shape index (κ3) is 0.858. The van der Waals surface area contributed by atoms with Crippen LogP contribution in [0.15, 0.2) is 0 Å². The van der Waals surface area contributed by atoms with Gasteiger partial charge in [0.1, 0.15) is 0 Å². The molecule has 11 heavy (non-hydrogen) atoms. The number of hydrogen-bond acceptors (Lipinski definition) is 1. The van der Waals surface area contributed by atoms with Crippen molar-refractivity contribution < 1.29 is 4.74 Å². The number of alkyl halides is 1. The molecule has 1 aliphatic heterocycles. The molecule has 3 rings (SSSR count). The van der Waals surface area contributed by atoms with E-state index in [1.165, 1.54) is 25.7 Å². The summed E-state index contributed by atoms with van der Waals surface area (Å²) in [5.41, 5.74) is 0. The zero-order valence-electron chi connectivity index (χ0n) is 6.50. The number of ether oxygens (including phenoxy) is 1. The molecule has 0 spiro atoms. The predicted octanol–water partition coefficient (Wildman–Crippen LogP) is 2.34. The smallest absolute Gasteiger partial charge is 0.0707 e. The molecule has 3 aliphatic rings. The predicted molar refractivity (Wildman–Crippen MR) is 46.8 cm³/mol. The summed E-state index contributed by atoms with van der Waals surface area (Å²) in [6.07, 6.45) is 6.67. The van der Waals surface area contributed by atoms with Crippen LogP contribution in [-0.4, -0.2) is 17.0 Å². The van der Waals surface area contributed by atoms with Crippen molar-refractivity contribution >= 4 is 15.9 Å². The quantitative estimate of drug-likeness (QED) is 0.566. The van der Waals surface area contributed by atoms with Crippen LogP contribution in [0, 0.1) is 11.8 Å². The van der Waals surface area contributed by atoms with E-state index in [-0.39, 0.29) is 0 Å². The van der Waals surface area contributed by atoms with Gasteiger partial charge in [-0.15, -0.1) is 0 Å². The molecule has 0 radical (unpaired) electrons. The lowest BCUT2D eigenvalue weighted by Gasteiger charge is -2.28. The summed E-state index contributed by atoms with van der Waals surface area (Å²) in [7, 11) is 0. The number of rotatable bonds is 0. The van der Waals surface area contributed by atoms with E-state index < -0.39 is 0 Å². The largest absolute Gasteiger partial charge is 0.374 e. The molecule has 2 bridgehead atoms. The van der Waals surface area contributed by atoms with Gasteiger partial charge in [0.05, 0.1) is 12.2 Å². The van der Waals surface area contributed by atoms with Gasteiger partial charge in [0.2, 0.25) is 0 Å². The van der Waals surface area contributed by atoms with Crippen molar-refractivity contribution in [3.63, 3.8) is 0 Å². The molecule has 0 aromatic rings. The van der Waals surface area contributed by atoms with Gasteiger partial charge >= 0.3 is 0 Å². The lowest BCUT2D eigenvalue weighted by molar-refractivity contribution is 0.0434. The topological polar surface area (TPSA) is 9.23 Å². The van der Waals surface area contributed by atoms with Gasteiger partial charge in [-0.25, -0.2) is 0 Å². The second kappa shape index (κ2) is 2.23. The highest BCUT2D eigenvalue weighted by Crippen LogP contribution is 2.51. The van der Waals surface area contributed by atoms with E-state index in [0.717, 1.165) is 11.8 Å². The molecule has 5 atom stereocenters. The molecule has 1 nitrogen and oxygen atoms in total. The fourth-order valence-electron chi connectivity index (χ4n) is 3.14. The van der Waals surface area contributed by atoms with Gasteiger partial charge < -0.3 is 4.74 Å². The van der Waals surface area contributed by atoms with Gasteiger partial charge in [-0.3, -0.25) is 0 Å². The summed E-state index contributed by atoms with van der Waals surface area (Å²) in [6, 6.07) is 0. The standard InChI is InChI=1S/C9H13BrO/c10-7-3-5-1-2-8-6(5)4-9(7)11-8/h5-9H,1-4H2/t5-,6+,7-,8-,9-/m1/s1. The van der Waals surface area contributed by atoms with Gasteiger partial charge in [-0.2, -0.15) is 0 Å². The van der Waals surface area contributed by atoms with Crippen LogP contribution in [0.2, 0.25) is 0 Å². The Morgan fingerprint density at radius 3 is 2.91 bits per heavy atom. The number of fused-ring (bicyclic) bond motifs is 1. The first-order valence-electron chi connectivity index (χ1n) is 4.64. The highest BCUT2D eigenvalue weighted by atomic mass is 79.9. The molecule has 62 valence electrons. The molecule has 0 unspecified atom stereocenters. The molecule has 3 fully saturated rings. The van der Waals surface area contributed by atoms with Crippen LogP contribution >= 0.6 is 15.9 Å². The molecule has 0 aromatic carbocycles. The molecular formula is C9H13BrO. The highest BCUT2D eigenvalue weighted by Gasteiger charge is 2.50. The summed E-state index contributed by atoms with van der Waals surface area (Å²) in [4.78, 5) is 0.661. The van der Waals surface area contributed by atoms with E-state index >= 15 is 0 Å². The van der Waals surface area contributed by atoms with Crippen molar-refractivity contribution in [3.8, 4) is 0 Å². The lowest BCUT2D eigenvalue weighted by atomic mass is 9.82. The molecule has 0 amide bonds. The Bertz CT molecular complexity index is 180. The lowest BCUT2D eigenvalue weighted by Crippen LogP contribution is -2.28. The van der Waals surface area contributed by atoms with Crippen LogP contribution in [0.25, 0.3) is 0 Å². The second-order valence-electron chi connectivity index (χ2n) is 4.20. The normalized spacial score (nSPS) is 60.3. The number of hydrogen-bond donors (Lipinski definition) is 0. The highest BCUT2D eigenvalue weighted by molar-refractivity contribution is 9.09. The van der Waals surface area contributed by atoms with E-state index in [1.807, 2.05) is 0 Å². The van der Waals surface area contributed by atoms with Crippen molar-refractivity contribution in [2.45, 2.75) is 42.7 Å². The fraction of sp³-hybridized carbons (Fsp3) is 1.00. The maximum atomic E-state index is 5.94. The Morgan fingerprint density at radius 2 is 2.00 bits per heavy atom. The second-order valence-corrected chi connectivity index (χ2v) is 5.38. The minimum Gasteiger partial charge on any atom is -0.374 e.